The number of rotatable bonds is 8. The van der Waals surface area contributed by atoms with E-state index in [1.165, 1.54) is 0 Å². The normalized spacial score (nSPS) is 15.6. The van der Waals surface area contributed by atoms with Crippen molar-refractivity contribution >= 4 is 56.9 Å². The topological polar surface area (TPSA) is 0 Å². The Morgan fingerprint density at radius 2 is 0.759 bits per heavy atom. The van der Waals surface area contributed by atoms with Gasteiger partial charge in [-0.1, -0.05) is 139 Å². The predicted octanol–water partition coefficient (Wildman–Crippen LogP) is 7.41. The summed E-state index contributed by atoms with van der Waals surface area (Å²) >= 11 is 0. The van der Waals surface area contributed by atoms with Crippen molar-refractivity contribution < 1.29 is 0 Å². The molecule has 0 spiro atoms. The van der Waals surface area contributed by atoms with Gasteiger partial charge in [0.2, 0.25) is 0 Å². The Morgan fingerprint density at radius 1 is 0.448 bits per heavy atom. The minimum Gasteiger partial charge on any atom is -0.0719 e. The molecular weight excluding hydrogens is 461 g/mol. The van der Waals surface area contributed by atoms with Gasteiger partial charge < -0.3 is 0 Å². The van der Waals surface area contributed by atoms with Crippen LogP contribution >= 0.6 is 0 Å². The van der Waals surface area contributed by atoms with Crippen LogP contribution in [0, 0.1) is 0 Å². The van der Waals surface area contributed by atoms with Gasteiger partial charge in [0, 0.05) is 44.6 Å². The van der Waals surface area contributed by atoms with Crippen molar-refractivity contribution in [3.05, 3.63) is 30.3 Å². The van der Waals surface area contributed by atoms with E-state index in [1.807, 2.05) is 5.19 Å². The molecule has 0 amide bonds. The van der Waals surface area contributed by atoms with Gasteiger partial charge in [-0.2, -0.15) is 0 Å². The zero-order valence-electron chi connectivity index (χ0n) is 22.6. The molecule has 7 heteroatoms. The van der Waals surface area contributed by atoms with Gasteiger partial charge in [0.1, 0.15) is 0 Å². The Labute approximate surface area is 190 Å². The molecule has 1 aromatic carbocycles. The van der Waals surface area contributed by atoms with E-state index in [-0.39, 0.29) is 0 Å². The van der Waals surface area contributed by atoms with Gasteiger partial charge in [0.05, 0.1) is 7.11 Å². The number of hydrogen-bond donors (Lipinski definition) is 0. The molecule has 29 heavy (non-hydrogen) atoms. The quantitative estimate of drug-likeness (QED) is 0.318. The molecule has 0 saturated heterocycles. The maximum atomic E-state index is 2.80. The van der Waals surface area contributed by atoms with Gasteiger partial charge >= 0.3 is 0 Å². The Balaban J connectivity index is 4.15. The molecule has 0 unspecified atom stereocenters. The standard InChI is InChI=1S/C22H52Si7/c1-23(2,3)28(24(4,5)6,22-19-17-16-18-20-22)21-29(25(7,8)9,26(10,11)12)27(13,14)15/h16-20H,21H2,1-15H3. The van der Waals surface area contributed by atoms with Crippen molar-refractivity contribution in [2.24, 2.45) is 0 Å². The van der Waals surface area contributed by atoms with E-state index < -0.39 is 51.7 Å². The Morgan fingerprint density at radius 3 is 1.00 bits per heavy atom. The number of hydrogen-bond acceptors (Lipinski definition) is 0. The van der Waals surface area contributed by atoms with Crippen LogP contribution in [0.3, 0.4) is 0 Å². The summed E-state index contributed by atoms with van der Waals surface area (Å²) in [7, 11) is -8.11. The van der Waals surface area contributed by atoms with Gasteiger partial charge in [0.15, 0.2) is 0 Å². The second kappa shape index (κ2) is 8.26. The third-order valence-corrected chi connectivity index (χ3v) is 129. The summed E-state index contributed by atoms with van der Waals surface area (Å²) in [6.07, 6.45) is 0. The molecule has 0 aliphatic rings. The molecule has 0 radical (unpaired) electrons. The fourth-order valence-electron chi connectivity index (χ4n) is 7.91. The maximum absolute atomic E-state index is 2.80. The van der Waals surface area contributed by atoms with Crippen LogP contribution in [0.15, 0.2) is 30.3 Å². The Hall–Kier alpha value is 0.738. The van der Waals surface area contributed by atoms with Crippen LogP contribution in [-0.2, 0) is 0 Å². The minimum atomic E-state index is -1.60. The van der Waals surface area contributed by atoms with Crippen LogP contribution in [0.1, 0.15) is 0 Å². The lowest BCUT2D eigenvalue weighted by atomic mass is 10.4. The van der Waals surface area contributed by atoms with E-state index in [9.17, 15) is 0 Å². The van der Waals surface area contributed by atoms with Gasteiger partial charge in [-0.05, 0) is 0 Å². The van der Waals surface area contributed by atoms with Crippen LogP contribution in [0.25, 0.3) is 0 Å². The summed E-state index contributed by atoms with van der Waals surface area (Å²) < 4.78 is 0. The first-order chi connectivity index (χ1) is 12.6. The zero-order valence-corrected chi connectivity index (χ0v) is 29.6. The molecule has 0 atom stereocenters. The highest BCUT2D eigenvalue weighted by molar-refractivity contribution is 7.93. The molecule has 1 aromatic rings. The highest BCUT2D eigenvalue weighted by atomic mass is 29.9. The molecule has 168 valence electrons. The summed E-state index contributed by atoms with van der Waals surface area (Å²) in [6, 6.07) is 12.1. The van der Waals surface area contributed by atoms with Crippen molar-refractivity contribution in [2.45, 2.75) is 104 Å². The van der Waals surface area contributed by atoms with Crippen LogP contribution in [-0.4, -0.2) is 51.7 Å². The molecule has 0 aliphatic carbocycles. The summed E-state index contributed by atoms with van der Waals surface area (Å²) in [4.78, 5) is 0. The second-order valence-corrected chi connectivity index (χ2v) is 84.0. The van der Waals surface area contributed by atoms with Gasteiger partial charge in [-0.15, -0.1) is 0 Å². The molecule has 0 fully saturated rings. The van der Waals surface area contributed by atoms with Gasteiger partial charge in [0.25, 0.3) is 0 Å². The summed E-state index contributed by atoms with van der Waals surface area (Å²) in [5.41, 5.74) is 1.75. The van der Waals surface area contributed by atoms with E-state index in [0.29, 0.717) is 0 Å². The van der Waals surface area contributed by atoms with Crippen LogP contribution in [0.4, 0.5) is 0 Å². The first-order valence-electron chi connectivity index (χ1n) is 11.6. The van der Waals surface area contributed by atoms with Crippen molar-refractivity contribution in [1.82, 2.24) is 0 Å². The Kier molecular flexibility index (Phi) is 7.91. The lowest BCUT2D eigenvalue weighted by Crippen LogP contribution is -2.90. The molecule has 0 heterocycles. The molecule has 0 nitrogen and oxygen atoms in total. The van der Waals surface area contributed by atoms with E-state index in [4.69, 9.17) is 0 Å². The van der Waals surface area contributed by atoms with Gasteiger partial charge in [-0.3, -0.25) is 0 Å². The molecule has 0 bridgehead atoms. The van der Waals surface area contributed by atoms with Crippen LogP contribution in [0.5, 0.6) is 0 Å². The largest absolute Gasteiger partial charge is 0.0719 e. The van der Waals surface area contributed by atoms with Crippen molar-refractivity contribution in [2.75, 3.05) is 0 Å². The molecule has 1 rings (SSSR count). The molecule has 0 aliphatic heterocycles. The van der Waals surface area contributed by atoms with Crippen molar-refractivity contribution in [3.63, 3.8) is 0 Å². The van der Waals surface area contributed by atoms with E-state index >= 15 is 0 Å². The summed E-state index contributed by atoms with van der Waals surface area (Å²) in [5, 5.41) is 1.85. The van der Waals surface area contributed by atoms with Crippen LogP contribution < -0.4 is 5.19 Å². The summed E-state index contributed by atoms with van der Waals surface area (Å²) in [6.45, 7) is 40.4. The molecular formula is C22H52Si7. The second-order valence-electron chi connectivity index (χ2n) is 14.6. The first kappa shape index (κ1) is 27.8. The highest BCUT2D eigenvalue weighted by Gasteiger charge is 2.68. The number of benzene rings is 1. The maximum Gasteiger partial charge on any atom is 0.0705 e. The summed E-state index contributed by atoms with van der Waals surface area (Å²) in [5.74, 6) is 0. The molecule has 0 aromatic heterocycles. The van der Waals surface area contributed by atoms with E-state index in [2.05, 4.69) is 129 Å². The monoisotopic (exact) mass is 512 g/mol. The van der Waals surface area contributed by atoms with E-state index in [0.717, 1.165) is 0 Å². The average Bonchev–Trinajstić information content (AvgIpc) is 2.41. The smallest absolute Gasteiger partial charge is 0.0705 e. The zero-order chi connectivity index (χ0) is 23.3. The van der Waals surface area contributed by atoms with E-state index in [1.54, 1.807) is 5.67 Å². The van der Waals surface area contributed by atoms with Gasteiger partial charge in [-0.25, -0.2) is 0 Å². The van der Waals surface area contributed by atoms with Crippen LogP contribution in [0.2, 0.25) is 104 Å². The third kappa shape index (κ3) is 4.75. The Bertz CT molecular complexity index is 628. The third-order valence-electron chi connectivity index (χ3n) is 8.20. The van der Waals surface area contributed by atoms with Crippen molar-refractivity contribution in [3.8, 4) is 0 Å². The van der Waals surface area contributed by atoms with Crippen molar-refractivity contribution in [1.29, 1.82) is 0 Å². The highest BCUT2D eigenvalue weighted by Crippen LogP contribution is 2.46. The minimum absolute atomic E-state index is 1.27. The fraction of sp³-hybridized carbons (Fsp3) is 0.727. The average molecular weight is 513 g/mol. The molecule has 0 N–H and O–H groups in total. The first-order valence-corrected chi connectivity index (χ1v) is 38.5. The fourth-order valence-corrected chi connectivity index (χ4v) is 194. The lowest BCUT2D eigenvalue weighted by molar-refractivity contribution is 1.62. The molecule has 0 saturated carbocycles. The lowest BCUT2D eigenvalue weighted by Gasteiger charge is -2.64. The predicted molar refractivity (Wildman–Crippen MR) is 159 cm³/mol. The SMILES string of the molecule is C[Si](C)(C)[Si](C[Si]([Si](C)(C)C)([Si](C)(C)C)[Si](C)(C)C)(c1ccccc1)[Si](C)(C)C.